The highest BCUT2D eigenvalue weighted by atomic mass is 16.3. The SMILES string of the molecule is c1ccc(-n2c3ccccc3c3ccc(-c4nc(-c5ccc6ccccc6c5)nc(-c5c(-n6c7cc8ccccc8cc7c7cc8ccccc8cc76)c6oc7ccccc7c6c6ccccc56)n4)cc32)cc1. The molecule has 16 aromatic rings. The second-order valence-corrected chi connectivity index (χ2v) is 19.1. The lowest BCUT2D eigenvalue weighted by Crippen LogP contribution is -2.05. The highest BCUT2D eigenvalue weighted by Crippen LogP contribution is 2.48. The Morgan fingerprint density at radius 2 is 0.795 bits per heavy atom. The Labute approximate surface area is 417 Å². The fourth-order valence-corrected chi connectivity index (χ4v) is 11.7. The van der Waals surface area contributed by atoms with Gasteiger partial charge in [-0.25, -0.2) is 15.0 Å². The Morgan fingerprint density at radius 3 is 1.49 bits per heavy atom. The summed E-state index contributed by atoms with van der Waals surface area (Å²) in [5.74, 6) is 1.69. The summed E-state index contributed by atoms with van der Waals surface area (Å²) in [6, 6.07) is 84.5. The molecule has 73 heavy (non-hydrogen) atoms. The first-order chi connectivity index (χ1) is 36.2. The average molecular weight is 930 g/mol. The van der Waals surface area contributed by atoms with Gasteiger partial charge in [0.05, 0.1) is 27.6 Å². The van der Waals surface area contributed by atoms with E-state index in [0.29, 0.717) is 17.5 Å². The van der Waals surface area contributed by atoms with Crippen LogP contribution in [0.4, 0.5) is 0 Å². The van der Waals surface area contributed by atoms with Crippen molar-refractivity contribution >= 4 is 109 Å². The minimum absolute atomic E-state index is 0.544. The standard InChI is InChI=1S/C67H39N5O/c1-2-22-48(23-3-1)71-56-28-14-12-24-49(56)50-33-32-47(39-57(50)71)66-68-65(46-31-30-40-16-4-5-17-41(40)34-46)69-67(70-66)62-52-26-11-10-25-51(52)61-53-27-13-15-29-60(53)73-64(61)63(62)72-58-37-44-20-8-6-18-42(44)35-54(58)55-36-43-19-7-9-21-45(43)38-59(55)72/h1-39H. The van der Waals surface area contributed by atoms with E-state index < -0.39 is 0 Å². The smallest absolute Gasteiger partial charge is 0.166 e. The van der Waals surface area contributed by atoms with Crippen LogP contribution in [0, 0.1) is 0 Å². The minimum Gasteiger partial charge on any atom is -0.454 e. The number of hydrogen-bond donors (Lipinski definition) is 0. The first-order valence-electron chi connectivity index (χ1n) is 24.8. The maximum atomic E-state index is 7.27. The summed E-state index contributed by atoms with van der Waals surface area (Å²) in [7, 11) is 0. The first-order valence-corrected chi connectivity index (χ1v) is 24.8. The maximum absolute atomic E-state index is 7.27. The minimum atomic E-state index is 0.544. The molecule has 0 amide bonds. The van der Waals surface area contributed by atoms with Crippen LogP contribution in [0.3, 0.4) is 0 Å². The molecule has 0 radical (unpaired) electrons. The number of fused-ring (bicyclic) bond motifs is 14. The third kappa shape index (κ3) is 5.95. The van der Waals surface area contributed by atoms with Crippen LogP contribution in [0.15, 0.2) is 241 Å². The maximum Gasteiger partial charge on any atom is 0.166 e. The topological polar surface area (TPSA) is 61.7 Å². The second-order valence-electron chi connectivity index (χ2n) is 19.1. The van der Waals surface area contributed by atoms with Crippen molar-refractivity contribution in [1.29, 1.82) is 0 Å². The van der Waals surface area contributed by atoms with Gasteiger partial charge in [-0.15, -0.1) is 0 Å². The first kappa shape index (κ1) is 39.9. The van der Waals surface area contributed by atoms with E-state index >= 15 is 0 Å². The van der Waals surface area contributed by atoms with Gasteiger partial charge in [-0.3, -0.25) is 0 Å². The van der Waals surface area contributed by atoms with Gasteiger partial charge in [0.2, 0.25) is 0 Å². The molecule has 16 rings (SSSR count). The molecule has 4 aromatic heterocycles. The summed E-state index contributed by atoms with van der Waals surface area (Å²) in [5, 5.41) is 15.7. The summed E-state index contributed by atoms with van der Waals surface area (Å²) in [6.45, 7) is 0. The van der Waals surface area contributed by atoms with Crippen LogP contribution in [0.2, 0.25) is 0 Å². The molecule has 12 aromatic carbocycles. The van der Waals surface area contributed by atoms with E-state index in [-0.39, 0.29) is 0 Å². The number of hydrogen-bond acceptors (Lipinski definition) is 4. The Morgan fingerprint density at radius 1 is 0.301 bits per heavy atom. The van der Waals surface area contributed by atoms with Crippen LogP contribution < -0.4 is 0 Å². The van der Waals surface area contributed by atoms with E-state index in [1.165, 1.54) is 16.2 Å². The molecule has 0 saturated carbocycles. The highest BCUT2D eigenvalue weighted by molar-refractivity contribution is 6.27. The van der Waals surface area contributed by atoms with Crippen LogP contribution >= 0.6 is 0 Å². The quantitative estimate of drug-likeness (QED) is 0.173. The van der Waals surface area contributed by atoms with Crippen molar-refractivity contribution in [3.63, 3.8) is 0 Å². The zero-order valence-electron chi connectivity index (χ0n) is 39.2. The molecule has 6 nitrogen and oxygen atoms in total. The van der Waals surface area contributed by atoms with E-state index in [2.05, 4.69) is 240 Å². The summed E-state index contributed by atoms with van der Waals surface area (Å²) in [5.41, 5.74) is 10.5. The van der Waals surface area contributed by atoms with Crippen molar-refractivity contribution in [2.24, 2.45) is 0 Å². The lowest BCUT2D eigenvalue weighted by molar-refractivity contribution is 0.667. The average Bonchev–Trinajstić information content (AvgIpc) is 4.11. The van der Waals surface area contributed by atoms with Crippen molar-refractivity contribution in [3.05, 3.63) is 237 Å². The van der Waals surface area contributed by atoms with Crippen molar-refractivity contribution in [2.75, 3.05) is 0 Å². The third-order valence-corrected chi connectivity index (χ3v) is 15.0. The van der Waals surface area contributed by atoms with Gasteiger partial charge in [-0.05, 0) is 104 Å². The lowest BCUT2D eigenvalue weighted by Gasteiger charge is -2.18. The molecule has 0 spiro atoms. The monoisotopic (exact) mass is 929 g/mol. The molecule has 6 heteroatoms. The Hall–Kier alpha value is -9.91. The van der Waals surface area contributed by atoms with E-state index in [1.54, 1.807) is 0 Å². The van der Waals surface area contributed by atoms with Crippen molar-refractivity contribution in [1.82, 2.24) is 24.1 Å². The van der Waals surface area contributed by atoms with E-state index in [4.69, 9.17) is 19.4 Å². The van der Waals surface area contributed by atoms with E-state index in [1.807, 2.05) is 6.07 Å². The van der Waals surface area contributed by atoms with Crippen LogP contribution in [0.1, 0.15) is 0 Å². The summed E-state index contributed by atoms with van der Waals surface area (Å²) < 4.78 is 12.0. The predicted octanol–water partition coefficient (Wildman–Crippen LogP) is 17.6. The van der Waals surface area contributed by atoms with E-state index in [0.717, 1.165) is 121 Å². The number of rotatable bonds is 5. The summed E-state index contributed by atoms with van der Waals surface area (Å²) >= 11 is 0. The fourth-order valence-electron chi connectivity index (χ4n) is 11.7. The van der Waals surface area contributed by atoms with Gasteiger partial charge in [-0.1, -0.05) is 176 Å². The molecule has 0 aliphatic carbocycles. The third-order valence-electron chi connectivity index (χ3n) is 15.0. The molecule has 0 saturated heterocycles. The van der Waals surface area contributed by atoms with Crippen LogP contribution in [-0.2, 0) is 0 Å². The number of furan rings is 1. The molecule has 0 atom stereocenters. The lowest BCUT2D eigenvalue weighted by atomic mass is 9.96. The normalized spacial score (nSPS) is 12.1. The van der Waals surface area contributed by atoms with Crippen molar-refractivity contribution in [3.8, 4) is 45.5 Å². The van der Waals surface area contributed by atoms with Gasteiger partial charge in [0.15, 0.2) is 23.1 Å². The molecular formula is C67H39N5O. The predicted molar refractivity (Wildman–Crippen MR) is 302 cm³/mol. The van der Waals surface area contributed by atoms with Gasteiger partial charge in [0.25, 0.3) is 0 Å². The Balaban J connectivity index is 1.07. The van der Waals surface area contributed by atoms with Gasteiger partial charge in [-0.2, -0.15) is 0 Å². The second kappa shape index (κ2) is 15.3. The number of benzene rings is 12. The summed E-state index contributed by atoms with van der Waals surface area (Å²) in [6.07, 6.45) is 0. The molecule has 0 unspecified atom stereocenters. The van der Waals surface area contributed by atoms with Gasteiger partial charge in [0, 0.05) is 49.1 Å². The number of aromatic nitrogens is 5. The van der Waals surface area contributed by atoms with E-state index in [9.17, 15) is 0 Å². The fraction of sp³-hybridized carbons (Fsp3) is 0. The van der Waals surface area contributed by atoms with Crippen molar-refractivity contribution in [2.45, 2.75) is 0 Å². The van der Waals surface area contributed by atoms with Crippen LogP contribution in [-0.4, -0.2) is 24.1 Å². The number of nitrogens with zero attached hydrogens (tertiary/aromatic N) is 5. The zero-order chi connectivity index (χ0) is 47.7. The Kier molecular flexibility index (Phi) is 8.36. The number of para-hydroxylation sites is 3. The molecule has 0 aliphatic rings. The highest BCUT2D eigenvalue weighted by Gasteiger charge is 2.28. The van der Waals surface area contributed by atoms with Crippen LogP contribution in [0.5, 0.6) is 0 Å². The van der Waals surface area contributed by atoms with Gasteiger partial charge in [0.1, 0.15) is 11.3 Å². The molecule has 338 valence electrons. The molecule has 0 bridgehead atoms. The largest absolute Gasteiger partial charge is 0.454 e. The van der Waals surface area contributed by atoms with Gasteiger partial charge < -0.3 is 13.6 Å². The summed E-state index contributed by atoms with van der Waals surface area (Å²) in [4.78, 5) is 16.8. The molecular weight excluding hydrogens is 891 g/mol. The zero-order valence-corrected chi connectivity index (χ0v) is 39.2. The van der Waals surface area contributed by atoms with Gasteiger partial charge >= 0.3 is 0 Å². The van der Waals surface area contributed by atoms with Crippen LogP contribution in [0.25, 0.3) is 154 Å². The molecule has 0 fully saturated rings. The molecule has 0 aliphatic heterocycles. The Bertz CT molecular complexity index is 4890. The molecule has 0 N–H and O–H groups in total. The molecule has 4 heterocycles. The van der Waals surface area contributed by atoms with Crippen molar-refractivity contribution < 1.29 is 4.42 Å².